The molecule has 2 aromatic carbocycles. The standard InChI is InChI=1S/C27H35F6N3O4.C22H27F6N3O2.C2HF3O2/c1-24(2,3)40-23(38)36-11-7-18-5-4-6-19(20(18)16-36)15-34-12-8-25(17-34)9-13-35(14-10-25)22(37)39-21(26(28,29)30)27(31,32)33;23-21(24,25)18(22(26,27)28)33-19(32)31-10-6-20(7-11-31)5-9-30(14-20)13-16-3-1-2-15-4-8-29-12-17(15)16;3-2(4,5)1(6)7/h4-6,21H,7-17H2,1-3H3;1-3,18,29H,4-14H2;(H,6,7). The molecule has 6 heterocycles. The molecule has 2 aromatic rings. The minimum Gasteiger partial charge on any atom is -0.475 e. The van der Waals surface area contributed by atoms with E-state index in [2.05, 4.69) is 48.9 Å². The lowest BCUT2D eigenvalue weighted by atomic mass is 9.78. The Bertz CT molecular complexity index is 2450. The Labute approximate surface area is 450 Å². The van der Waals surface area contributed by atoms with Crippen LogP contribution < -0.4 is 5.32 Å². The maximum absolute atomic E-state index is 12.8. The van der Waals surface area contributed by atoms with Gasteiger partial charge in [0.05, 0.1) is 0 Å². The summed E-state index contributed by atoms with van der Waals surface area (Å²) in [5.74, 6) is -2.76. The lowest BCUT2D eigenvalue weighted by molar-refractivity contribution is -0.309. The van der Waals surface area contributed by atoms with Gasteiger partial charge in [-0.2, -0.15) is 65.9 Å². The van der Waals surface area contributed by atoms with Gasteiger partial charge in [-0.3, -0.25) is 9.80 Å². The van der Waals surface area contributed by atoms with Gasteiger partial charge in [-0.15, -0.1) is 0 Å². The molecule has 0 bridgehead atoms. The number of fused-ring (bicyclic) bond motifs is 2. The first-order valence-corrected chi connectivity index (χ1v) is 25.7. The van der Waals surface area contributed by atoms with E-state index in [9.17, 15) is 80.2 Å². The number of carboxylic acids is 1. The van der Waals surface area contributed by atoms with E-state index in [0.29, 0.717) is 51.9 Å². The summed E-state index contributed by atoms with van der Waals surface area (Å²) in [6.07, 6.45) is -34.4. The maximum Gasteiger partial charge on any atom is 0.490 e. The van der Waals surface area contributed by atoms with Crippen molar-refractivity contribution in [1.29, 1.82) is 0 Å². The Morgan fingerprint density at radius 1 is 0.550 bits per heavy atom. The van der Waals surface area contributed by atoms with Crippen molar-refractivity contribution < 1.29 is 104 Å². The summed E-state index contributed by atoms with van der Waals surface area (Å²) in [6.45, 7) is 13.1. The molecule has 80 heavy (non-hydrogen) atoms. The van der Waals surface area contributed by atoms with Crippen molar-refractivity contribution in [1.82, 2.24) is 29.8 Å². The Kier molecular flexibility index (Phi) is 19.6. The number of hydrogen-bond acceptors (Lipinski definition) is 10. The van der Waals surface area contributed by atoms with E-state index in [-0.39, 0.29) is 43.1 Å². The number of carbonyl (C=O) groups is 4. The molecule has 2 spiro atoms. The number of amides is 3. The van der Waals surface area contributed by atoms with Crippen LogP contribution in [0.2, 0.25) is 0 Å². The summed E-state index contributed by atoms with van der Waals surface area (Å²) in [5, 5.41) is 10.5. The van der Waals surface area contributed by atoms with E-state index in [1.165, 1.54) is 22.3 Å². The van der Waals surface area contributed by atoms with Gasteiger partial charge in [0, 0.05) is 72.0 Å². The van der Waals surface area contributed by atoms with Gasteiger partial charge < -0.3 is 39.3 Å². The molecule has 450 valence electrons. The molecule has 14 nitrogen and oxygen atoms in total. The molecule has 2 N–H and O–H groups in total. The van der Waals surface area contributed by atoms with E-state index in [1.54, 1.807) is 4.90 Å². The molecule has 6 aliphatic heterocycles. The number of likely N-dealkylation sites (tertiary alicyclic amines) is 4. The summed E-state index contributed by atoms with van der Waals surface area (Å²) in [6, 6.07) is 12.5. The summed E-state index contributed by atoms with van der Waals surface area (Å²) >= 11 is 0. The predicted octanol–water partition coefficient (Wildman–Crippen LogP) is 10.8. The minimum absolute atomic E-state index is 0.0285. The Balaban J connectivity index is 0.000000234. The molecule has 6 aliphatic rings. The van der Waals surface area contributed by atoms with Crippen LogP contribution in [0.5, 0.6) is 0 Å². The Morgan fingerprint density at radius 3 is 1.32 bits per heavy atom. The zero-order valence-corrected chi connectivity index (χ0v) is 43.9. The number of benzene rings is 2. The van der Waals surface area contributed by atoms with Crippen LogP contribution in [0, 0.1) is 10.8 Å². The molecule has 4 saturated heterocycles. The number of alkyl halides is 15. The summed E-state index contributed by atoms with van der Waals surface area (Å²) in [7, 11) is 0. The number of hydrogen-bond donors (Lipinski definition) is 2. The lowest BCUT2D eigenvalue weighted by Crippen LogP contribution is -2.50. The molecule has 0 aliphatic carbocycles. The molecule has 0 saturated carbocycles. The first-order valence-electron chi connectivity index (χ1n) is 25.7. The fourth-order valence-electron chi connectivity index (χ4n) is 11.0. The molecule has 4 fully saturated rings. The highest BCUT2D eigenvalue weighted by molar-refractivity contribution is 5.73. The molecule has 8 rings (SSSR count). The highest BCUT2D eigenvalue weighted by Gasteiger charge is 2.61. The van der Waals surface area contributed by atoms with Crippen molar-refractivity contribution in [2.45, 2.75) is 147 Å². The Hall–Kier alpha value is -5.45. The van der Waals surface area contributed by atoms with E-state index < -0.39 is 66.8 Å². The van der Waals surface area contributed by atoms with Crippen molar-refractivity contribution in [3.63, 3.8) is 0 Å². The number of aliphatic carboxylic acids is 1. The van der Waals surface area contributed by atoms with Crippen LogP contribution in [0.1, 0.15) is 92.7 Å². The van der Waals surface area contributed by atoms with Crippen molar-refractivity contribution in [2.24, 2.45) is 10.8 Å². The molecular formula is C51H63F15N6O8. The molecule has 3 amide bonds. The summed E-state index contributed by atoms with van der Waals surface area (Å²) < 4.78 is 198. The predicted molar refractivity (Wildman–Crippen MR) is 253 cm³/mol. The third-order valence-corrected chi connectivity index (χ3v) is 15.1. The zero-order chi connectivity index (χ0) is 59.4. The van der Waals surface area contributed by atoms with E-state index in [1.807, 2.05) is 32.9 Å². The molecule has 0 unspecified atom stereocenters. The number of ether oxygens (including phenoxy) is 3. The van der Waals surface area contributed by atoms with Crippen LogP contribution in [0.4, 0.5) is 80.2 Å². The van der Waals surface area contributed by atoms with Crippen LogP contribution in [-0.2, 0) is 58.0 Å². The molecule has 0 aromatic heterocycles. The van der Waals surface area contributed by atoms with Gasteiger partial charge in [0.1, 0.15) is 5.60 Å². The average molecular weight is 1170 g/mol. The smallest absolute Gasteiger partial charge is 0.475 e. The molecule has 29 heteroatoms. The first-order chi connectivity index (χ1) is 36.9. The van der Waals surface area contributed by atoms with Gasteiger partial charge in [0.15, 0.2) is 0 Å². The third-order valence-electron chi connectivity index (χ3n) is 15.1. The SMILES string of the molecule is CC(C)(C)OC(=O)N1CCc2cccc(CN3CCC4(CCN(C(=O)OC(C(F)(F)F)C(F)(F)F)CC4)C3)c2C1.O=C(O)C(F)(F)F.O=C(OC(C(F)(F)F)C(F)(F)F)N1CCC2(CCN(Cc3cccc4c3CNCC4)C2)CC1. The Morgan fingerprint density at radius 2 is 0.938 bits per heavy atom. The summed E-state index contributed by atoms with van der Waals surface area (Å²) in [5.41, 5.74) is 6.52. The van der Waals surface area contributed by atoms with Crippen molar-refractivity contribution >= 4 is 24.2 Å². The van der Waals surface area contributed by atoms with Gasteiger partial charge in [0.25, 0.3) is 12.2 Å². The minimum atomic E-state index is -5.74. The number of carbonyl (C=O) groups excluding carboxylic acids is 3. The second-order valence-corrected chi connectivity index (χ2v) is 22.1. The normalized spacial score (nSPS) is 19.9. The van der Waals surface area contributed by atoms with Gasteiger partial charge in [-0.1, -0.05) is 36.4 Å². The maximum atomic E-state index is 12.8. The number of halogens is 15. The summed E-state index contributed by atoms with van der Waals surface area (Å²) in [4.78, 5) is 54.0. The molecule has 0 radical (unpaired) electrons. The van der Waals surface area contributed by atoms with E-state index in [4.69, 9.17) is 14.6 Å². The monoisotopic (exact) mass is 1170 g/mol. The average Bonchev–Trinajstić information content (AvgIpc) is 3.93. The largest absolute Gasteiger partial charge is 0.490 e. The third kappa shape index (κ3) is 17.1. The molecule has 0 atom stereocenters. The highest BCUT2D eigenvalue weighted by Crippen LogP contribution is 2.44. The number of nitrogens with zero attached hydrogens (tertiary/aromatic N) is 5. The van der Waals surface area contributed by atoms with Gasteiger partial charge >= 0.3 is 55.1 Å². The highest BCUT2D eigenvalue weighted by atomic mass is 19.4. The number of piperidine rings is 2. The van der Waals surface area contributed by atoms with E-state index in [0.717, 1.165) is 85.9 Å². The van der Waals surface area contributed by atoms with Crippen molar-refractivity contribution in [3.8, 4) is 0 Å². The number of carboxylic acid groups (broad SMARTS) is 1. The van der Waals surface area contributed by atoms with Crippen molar-refractivity contribution in [3.05, 3.63) is 69.8 Å². The van der Waals surface area contributed by atoms with Crippen LogP contribution in [0.3, 0.4) is 0 Å². The second kappa shape index (κ2) is 24.6. The second-order valence-electron chi connectivity index (χ2n) is 22.1. The zero-order valence-electron chi connectivity index (χ0n) is 43.9. The molecular weight excluding hydrogens is 1110 g/mol. The van der Waals surface area contributed by atoms with Crippen LogP contribution in [0.15, 0.2) is 36.4 Å². The van der Waals surface area contributed by atoms with Gasteiger partial charge in [-0.05, 0) is 136 Å². The number of rotatable bonds is 6. The van der Waals surface area contributed by atoms with Crippen LogP contribution in [0.25, 0.3) is 0 Å². The van der Waals surface area contributed by atoms with Crippen LogP contribution >= 0.6 is 0 Å². The number of nitrogens with one attached hydrogen (secondary N) is 1. The quantitative estimate of drug-likeness (QED) is 0.211. The van der Waals surface area contributed by atoms with Crippen molar-refractivity contribution in [2.75, 3.05) is 65.4 Å². The van der Waals surface area contributed by atoms with Crippen LogP contribution in [-0.4, -0.2) is 168 Å². The van der Waals surface area contributed by atoms with E-state index >= 15 is 0 Å². The fraction of sp³-hybridized carbons (Fsp3) is 0.686. The lowest BCUT2D eigenvalue weighted by Gasteiger charge is -2.39. The fourth-order valence-corrected chi connectivity index (χ4v) is 11.0. The first kappa shape index (κ1) is 63.7. The van der Waals surface area contributed by atoms with Gasteiger partial charge in [-0.25, -0.2) is 19.2 Å². The topological polar surface area (TPSA) is 144 Å². The van der Waals surface area contributed by atoms with Gasteiger partial charge in [0.2, 0.25) is 0 Å².